The van der Waals surface area contributed by atoms with Crippen molar-refractivity contribution in [2.75, 3.05) is 6.54 Å². The number of carbonyl (C=O) groups is 1. The summed E-state index contributed by atoms with van der Waals surface area (Å²) >= 11 is 0. The van der Waals surface area contributed by atoms with Gasteiger partial charge in [-0.25, -0.2) is 4.79 Å². The van der Waals surface area contributed by atoms with Gasteiger partial charge in [0.05, 0.1) is 6.10 Å². The molecule has 25 heavy (non-hydrogen) atoms. The highest BCUT2D eigenvalue weighted by atomic mass is 16.5. The summed E-state index contributed by atoms with van der Waals surface area (Å²) < 4.78 is 5.28. The van der Waals surface area contributed by atoms with Gasteiger partial charge in [0.1, 0.15) is 6.04 Å². The van der Waals surface area contributed by atoms with Crippen LogP contribution in [0.5, 0.6) is 0 Å². The smallest absolute Gasteiger partial charge is 0.318 e. The van der Waals surface area contributed by atoms with Gasteiger partial charge in [0.2, 0.25) is 5.89 Å². The van der Waals surface area contributed by atoms with E-state index in [1.54, 1.807) is 18.7 Å². The van der Waals surface area contributed by atoms with Crippen LogP contribution < -0.4 is 5.32 Å². The summed E-state index contributed by atoms with van der Waals surface area (Å²) in [7, 11) is 0. The third-order valence-electron chi connectivity index (χ3n) is 3.74. The Kier molecular flexibility index (Phi) is 6.52. The van der Waals surface area contributed by atoms with Crippen molar-refractivity contribution in [2.45, 2.75) is 52.3 Å². The summed E-state index contributed by atoms with van der Waals surface area (Å²) in [5, 5.41) is 16.4. The minimum Gasteiger partial charge on any atom is -0.392 e. The average molecular weight is 346 g/mol. The molecule has 2 N–H and O–H groups in total. The van der Waals surface area contributed by atoms with E-state index in [9.17, 15) is 9.90 Å². The minimum atomic E-state index is -0.593. The lowest BCUT2D eigenvalue weighted by Crippen LogP contribution is -2.47. The number of hydrogen-bond acceptors (Lipinski definition) is 5. The van der Waals surface area contributed by atoms with E-state index in [1.165, 1.54) is 0 Å². The Morgan fingerprint density at radius 2 is 1.92 bits per heavy atom. The minimum absolute atomic E-state index is 0.0295. The molecule has 1 heterocycles. The zero-order chi connectivity index (χ0) is 18.4. The summed E-state index contributed by atoms with van der Waals surface area (Å²) in [6, 6.07) is 9.15. The third kappa shape index (κ3) is 5.56. The van der Waals surface area contributed by atoms with Crippen molar-refractivity contribution in [2.24, 2.45) is 0 Å². The van der Waals surface area contributed by atoms with Gasteiger partial charge in [-0.1, -0.05) is 35.5 Å². The van der Waals surface area contributed by atoms with Crippen molar-refractivity contribution in [3.63, 3.8) is 0 Å². The molecule has 7 heteroatoms. The van der Waals surface area contributed by atoms with E-state index in [-0.39, 0.29) is 18.6 Å². The van der Waals surface area contributed by atoms with Gasteiger partial charge in [-0.3, -0.25) is 0 Å². The lowest BCUT2D eigenvalue weighted by Gasteiger charge is -2.29. The fraction of sp³-hybridized carbons (Fsp3) is 0.500. The summed E-state index contributed by atoms with van der Waals surface area (Å²) in [6.45, 7) is 7.51. The molecule has 2 amide bonds. The summed E-state index contributed by atoms with van der Waals surface area (Å²) in [4.78, 5) is 18.4. The van der Waals surface area contributed by atoms with Gasteiger partial charge in [0.15, 0.2) is 5.82 Å². The van der Waals surface area contributed by atoms with Gasteiger partial charge in [0, 0.05) is 19.0 Å². The topological polar surface area (TPSA) is 91.5 Å². The molecule has 1 aromatic carbocycles. The highest BCUT2D eigenvalue weighted by Crippen LogP contribution is 2.13. The van der Waals surface area contributed by atoms with Crippen LogP contribution in [0.2, 0.25) is 0 Å². The first-order valence-electron chi connectivity index (χ1n) is 8.48. The molecule has 0 aliphatic carbocycles. The Labute approximate surface area is 148 Å². The Hall–Kier alpha value is -2.41. The van der Waals surface area contributed by atoms with Crippen molar-refractivity contribution >= 4 is 6.03 Å². The number of aromatic nitrogens is 2. The Balaban J connectivity index is 1.98. The van der Waals surface area contributed by atoms with E-state index in [1.807, 2.05) is 44.2 Å². The van der Waals surface area contributed by atoms with E-state index >= 15 is 0 Å². The maximum absolute atomic E-state index is 12.4. The number of nitrogens with zero attached hydrogens (tertiary/aromatic N) is 3. The molecule has 2 unspecified atom stereocenters. The second-order valence-electron chi connectivity index (χ2n) is 6.48. The van der Waals surface area contributed by atoms with Crippen molar-refractivity contribution in [3.8, 4) is 0 Å². The Morgan fingerprint density at radius 1 is 1.24 bits per heavy atom. The molecule has 7 nitrogen and oxygen atoms in total. The quantitative estimate of drug-likeness (QED) is 0.804. The molecule has 0 fully saturated rings. The predicted octanol–water partition coefficient (Wildman–Crippen LogP) is 2.52. The molecule has 0 aliphatic rings. The van der Waals surface area contributed by atoms with Gasteiger partial charge in [-0.15, -0.1) is 0 Å². The Morgan fingerprint density at radius 3 is 2.52 bits per heavy atom. The highest BCUT2D eigenvalue weighted by Gasteiger charge is 2.23. The monoisotopic (exact) mass is 346 g/mol. The molecule has 0 saturated carbocycles. The van der Waals surface area contributed by atoms with Crippen molar-refractivity contribution < 1.29 is 14.4 Å². The highest BCUT2D eigenvalue weighted by molar-refractivity contribution is 5.74. The average Bonchev–Trinajstić information content (AvgIpc) is 3.01. The number of rotatable bonds is 7. The van der Waals surface area contributed by atoms with Crippen LogP contribution in [0.15, 0.2) is 34.9 Å². The van der Waals surface area contributed by atoms with Crippen LogP contribution in [0.1, 0.15) is 51.0 Å². The van der Waals surface area contributed by atoms with E-state index in [0.29, 0.717) is 18.1 Å². The van der Waals surface area contributed by atoms with Gasteiger partial charge in [0.25, 0.3) is 0 Å². The second-order valence-corrected chi connectivity index (χ2v) is 6.48. The summed E-state index contributed by atoms with van der Waals surface area (Å²) in [5.41, 5.74) is 1.09. The van der Waals surface area contributed by atoms with Crippen LogP contribution in [0.3, 0.4) is 0 Å². The predicted molar refractivity (Wildman–Crippen MR) is 94.0 cm³/mol. The van der Waals surface area contributed by atoms with Gasteiger partial charge in [-0.2, -0.15) is 4.98 Å². The van der Waals surface area contributed by atoms with E-state index in [2.05, 4.69) is 15.5 Å². The largest absolute Gasteiger partial charge is 0.392 e. The maximum Gasteiger partial charge on any atom is 0.318 e. The molecule has 0 saturated heterocycles. The molecule has 0 radical (unpaired) electrons. The SMILES string of the molecule is CC(O)CN(C(=O)NC(C)c1nc(Cc2ccccc2)no1)C(C)C. The normalized spacial score (nSPS) is 13.5. The fourth-order valence-corrected chi connectivity index (χ4v) is 2.44. The molecule has 2 aromatic rings. The van der Waals surface area contributed by atoms with Crippen molar-refractivity contribution in [1.29, 1.82) is 0 Å². The molecule has 136 valence electrons. The number of hydrogen-bond donors (Lipinski definition) is 2. The molecule has 0 spiro atoms. The lowest BCUT2D eigenvalue weighted by atomic mass is 10.1. The molecule has 2 atom stereocenters. The van der Waals surface area contributed by atoms with Gasteiger partial charge >= 0.3 is 6.03 Å². The van der Waals surface area contributed by atoms with E-state index in [4.69, 9.17) is 4.52 Å². The molecular formula is C18H26N4O3. The zero-order valence-electron chi connectivity index (χ0n) is 15.1. The number of benzene rings is 1. The molecule has 1 aromatic heterocycles. The van der Waals surface area contributed by atoms with Crippen LogP contribution >= 0.6 is 0 Å². The van der Waals surface area contributed by atoms with Crippen LogP contribution in [0.25, 0.3) is 0 Å². The zero-order valence-corrected chi connectivity index (χ0v) is 15.1. The van der Waals surface area contributed by atoms with Crippen LogP contribution in [0, 0.1) is 0 Å². The molecular weight excluding hydrogens is 320 g/mol. The number of aliphatic hydroxyl groups excluding tert-OH is 1. The third-order valence-corrected chi connectivity index (χ3v) is 3.74. The number of aliphatic hydroxyl groups is 1. The summed E-state index contributed by atoms with van der Waals surface area (Å²) in [6.07, 6.45) is -0.0187. The van der Waals surface area contributed by atoms with Crippen LogP contribution in [-0.2, 0) is 6.42 Å². The summed E-state index contributed by atoms with van der Waals surface area (Å²) in [5.74, 6) is 0.937. The lowest BCUT2D eigenvalue weighted by molar-refractivity contribution is 0.117. The van der Waals surface area contributed by atoms with Crippen LogP contribution in [-0.4, -0.2) is 44.9 Å². The number of carbonyl (C=O) groups excluding carboxylic acids is 1. The number of amides is 2. The standard InChI is InChI=1S/C18H26N4O3/c1-12(2)22(11-13(3)23)18(24)19-14(4)17-20-16(21-25-17)10-15-8-6-5-7-9-15/h5-9,12-14,23H,10-11H2,1-4H3,(H,19,24). The van der Waals surface area contributed by atoms with Crippen molar-refractivity contribution in [3.05, 3.63) is 47.6 Å². The van der Waals surface area contributed by atoms with Gasteiger partial charge < -0.3 is 19.8 Å². The number of nitrogens with one attached hydrogen (secondary N) is 1. The fourth-order valence-electron chi connectivity index (χ4n) is 2.44. The van der Waals surface area contributed by atoms with Crippen LogP contribution in [0.4, 0.5) is 4.79 Å². The first kappa shape index (κ1) is 18.9. The maximum atomic E-state index is 12.4. The van der Waals surface area contributed by atoms with E-state index in [0.717, 1.165) is 5.56 Å². The number of urea groups is 1. The second kappa shape index (κ2) is 8.62. The molecule has 2 rings (SSSR count). The first-order valence-corrected chi connectivity index (χ1v) is 8.48. The first-order chi connectivity index (χ1) is 11.9. The van der Waals surface area contributed by atoms with Gasteiger partial charge in [-0.05, 0) is 33.3 Å². The van der Waals surface area contributed by atoms with E-state index < -0.39 is 12.1 Å². The van der Waals surface area contributed by atoms with Crippen molar-refractivity contribution in [1.82, 2.24) is 20.4 Å². The molecule has 0 aliphatic heterocycles. The Bertz CT molecular complexity index is 670. The molecule has 0 bridgehead atoms.